The van der Waals surface area contributed by atoms with Crippen LogP contribution in [0.2, 0.25) is 0 Å². The van der Waals surface area contributed by atoms with Gasteiger partial charge in [0.05, 0.1) is 11.9 Å². The highest BCUT2D eigenvalue weighted by molar-refractivity contribution is 5.94. The normalized spacial score (nSPS) is 14.9. The Labute approximate surface area is 160 Å². The van der Waals surface area contributed by atoms with Crippen molar-refractivity contribution in [1.29, 1.82) is 0 Å². The fourth-order valence-electron chi connectivity index (χ4n) is 3.89. The molecule has 0 spiro atoms. The molecule has 4 aromatic rings. The predicted octanol–water partition coefficient (Wildman–Crippen LogP) is 3.47. The summed E-state index contributed by atoms with van der Waals surface area (Å²) in [6.45, 7) is 0. The van der Waals surface area contributed by atoms with Gasteiger partial charge in [0.2, 0.25) is 0 Å². The third-order valence-electron chi connectivity index (χ3n) is 5.55. The maximum absolute atomic E-state index is 12.3. The zero-order valence-corrected chi connectivity index (χ0v) is 14.9. The molecule has 0 atom stereocenters. The first-order valence-corrected chi connectivity index (χ1v) is 9.09. The summed E-state index contributed by atoms with van der Waals surface area (Å²) >= 11 is 0. The lowest BCUT2D eigenvalue weighted by atomic mass is 9.87. The minimum Gasteiger partial charge on any atom is -0.477 e. The number of H-pyrrole nitrogens is 1. The van der Waals surface area contributed by atoms with Gasteiger partial charge in [-0.25, -0.2) is 4.79 Å². The Morgan fingerprint density at radius 2 is 1.71 bits per heavy atom. The molecule has 0 radical (unpaired) electrons. The van der Waals surface area contributed by atoms with E-state index in [0.717, 1.165) is 22.9 Å². The van der Waals surface area contributed by atoms with Crippen LogP contribution in [0.25, 0.3) is 16.9 Å². The summed E-state index contributed by atoms with van der Waals surface area (Å²) in [6.07, 6.45) is 3.42. The molecule has 6 nitrogen and oxygen atoms in total. The third-order valence-corrected chi connectivity index (χ3v) is 5.55. The highest BCUT2D eigenvalue weighted by atomic mass is 16.4. The molecule has 138 valence electrons. The number of rotatable bonds is 4. The van der Waals surface area contributed by atoms with Crippen molar-refractivity contribution < 1.29 is 9.90 Å². The molecule has 0 bridgehead atoms. The number of fused-ring (bicyclic) bond motifs is 1. The molecule has 5 rings (SSSR count). The molecule has 0 aliphatic heterocycles. The Kier molecular flexibility index (Phi) is 3.49. The molecule has 0 saturated heterocycles. The van der Waals surface area contributed by atoms with Crippen molar-refractivity contribution in [2.75, 3.05) is 0 Å². The topological polar surface area (TPSA) is 87.5 Å². The Balaban J connectivity index is 1.56. The molecule has 1 fully saturated rings. The number of carboxylic acids is 1. The van der Waals surface area contributed by atoms with E-state index in [-0.39, 0.29) is 22.2 Å². The minimum absolute atomic E-state index is 0.0309. The smallest absolute Gasteiger partial charge is 0.341 e. The number of aromatic carboxylic acids is 1. The van der Waals surface area contributed by atoms with Crippen LogP contribution in [0.3, 0.4) is 0 Å². The van der Waals surface area contributed by atoms with E-state index in [1.54, 1.807) is 0 Å². The van der Waals surface area contributed by atoms with Gasteiger partial charge in [-0.15, -0.1) is 0 Å². The number of benzene rings is 2. The van der Waals surface area contributed by atoms with Gasteiger partial charge in [0.1, 0.15) is 5.56 Å². The van der Waals surface area contributed by atoms with E-state index in [9.17, 15) is 14.7 Å². The average molecular weight is 371 g/mol. The van der Waals surface area contributed by atoms with Crippen LogP contribution in [-0.4, -0.2) is 25.7 Å². The second kappa shape index (κ2) is 5.92. The van der Waals surface area contributed by atoms with Crippen molar-refractivity contribution in [1.82, 2.24) is 14.6 Å². The summed E-state index contributed by atoms with van der Waals surface area (Å²) in [5, 5.41) is 13.1. The summed E-state index contributed by atoms with van der Waals surface area (Å²) in [5.41, 5.74) is 3.83. The largest absolute Gasteiger partial charge is 0.477 e. The van der Waals surface area contributed by atoms with E-state index < -0.39 is 5.97 Å². The van der Waals surface area contributed by atoms with Crippen LogP contribution >= 0.6 is 0 Å². The van der Waals surface area contributed by atoms with Crippen molar-refractivity contribution >= 4 is 11.6 Å². The molecule has 2 aromatic carbocycles. The molecule has 2 aromatic heterocycles. The minimum atomic E-state index is -1.13. The first kappa shape index (κ1) is 16.5. The van der Waals surface area contributed by atoms with Crippen molar-refractivity contribution in [3.05, 3.63) is 93.9 Å². The highest BCUT2D eigenvalue weighted by Gasteiger charge is 2.45. The van der Waals surface area contributed by atoms with Crippen LogP contribution in [0.5, 0.6) is 0 Å². The molecule has 0 unspecified atom stereocenters. The fraction of sp³-hybridized carbons (Fsp3) is 0.136. The van der Waals surface area contributed by atoms with Gasteiger partial charge in [-0.2, -0.15) is 9.61 Å². The number of carboxylic acid groups (broad SMARTS) is 1. The van der Waals surface area contributed by atoms with Gasteiger partial charge in [0, 0.05) is 11.5 Å². The molecule has 1 aliphatic carbocycles. The van der Waals surface area contributed by atoms with Crippen molar-refractivity contribution in [2.24, 2.45) is 0 Å². The number of hydrogen-bond acceptors (Lipinski definition) is 3. The monoisotopic (exact) mass is 371 g/mol. The molecule has 2 N–H and O–H groups in total. The first-order valence-electron chi connectivity index (χ1n) is 9.09. The summed E-state index contributed by atoms with van der Waals surface area (Å²) in [4.78, 5) is 26.7. The lowest BCUT2D eigenvalue weighted by Crippen LogP contribution is -2.15. The Bertz CT molecular complexity index is 1250. The highest BCUT2D eigenvalue weighted by Crippen LogP contribution is 2.53. The van der Waals surface area contributed by atoms with Crippen molar-refractivity contribution in [2.45, 2.75) is 18.3 Å². The standard InChI is InChI=1S/C22H17N3O3/c26-19-12-18(24-20-17(21(27)28)13-23-25(19)20)14-6-8-16(9-7-14)22(10-11-22)15-4-2-1-3-5-15/h1-9,12-13,24H,10-11H2,(H,27,28). The van der Waals surface area contributed by atoms with Gasteiger partial charge in [-0.05, 0) is 29.5 Å². The van der Waals surface area contributed by atoms with Gasteiger partial charge < -0.3 is 10.1 Å². The Hall–Kier alpha value is -3.67. The molecule has 6 heteroatoms. The van der Waals surface area contributed by atoms with Gasteiger partial charge in [-0.3, -0.25) is 4.79 Å². The van der Waals surface area contributed by atoms with Gasteiger partial charge in [0.25, 0.3) is 5.56 Å². The second-order valence-electron chi connectivity index (χ2n) is 7.17. The van der Waals surface area contributed by atoms with Gasteiger partial charge >= 0.3 is 5.97 Å². The zero-order valence-electron chi connectivity index (χ0n) is 14.9. The maximum Gasteiger partial charge on any atom is 0.341 e. The van der Waals surface area contributed by atoms with Crippen LogP contribution in [-0.2, 0) is 5.41 Å². The number of carbonyl (C=O) groups is 1. The molecule has 28 heavy (non-hydrogen) atoms. The number of aromatic amines is 1. The van der Waals surface area contributed by atoms with E-state index in [2.05, 4.69) is 46.5 Å². The predicted molar refractivity (Wildman–Crippen MR) is 105 cm³/mol. The van der Waals surface area contributed by atoms with E-state index in [1.807, 2.05) is 18.2 Å². The maximum atomic E-state index is 12.3. The van der Waals surface area contributed by atoms with E-state index >= 15 is 0 Å². The SMILES string of the molecule is O=C(O)c1cnn2c(=O)cc(-c3ccc(C4(c5ccccc5)CC4)cc3)[nH]c12. The molecular weight excluding hydrogens is 354 g/mol. The van der Waals surface area contributed by atoms with Gasteiger partial charge in [-0.1, -0.05) is 54.6 Å². The lowest BCUT2D eigenvalue weighted by Gasteiger charge is -2.17. The molecule has 1 saturated carbocycles. The van der Waals surface area contributed by atoms with Crippen LogP contribution in [0.1, 0.15) is 34.3 Å². The average Bonchev–Trinajstić information content (AvgIpc) is 3.41. The van der Waals surface area contributed by atoms with E-state index in [1.165, 1.54) is 23.4 Å². The van der Waals surface area contributed by atoms with E-state index in [0.29, 0.717) is 5.69 Å². The number of aromatic nitrogens is 3. The Morgan fingerprint density at radius 1 is 1.04 bits per heavy atom. The molecule has 0 amide bonds. The number of nitrogens with one attached hydrogen (secondary N) is 1. The van der Waals surface area contributed by atoms with Crippen molar-refractivity contribution in [3.8, 4) is 11.3 Å². The third kappa shape index (κ3) is 2.45. The van der Waals surface area contributed by atoms with Crippen molar-refractivity contribution in [3.63, 3.8) is 0 Å². The van der Waals surface area contributed by atoms with Crippen LogP contribution in [0.4, 0.5) is 0 Å². The van der Waals surface area contributed by atoms with Crippen LogP contribution < -0.4 is 5.56 Å². The lowest BCUT2D eigenvalue weighted by molar-refractivity contribution is 0.0699. The first-order chi connectivity index (χ1) is 13.6. The Morgan fingerprint density at radius 3 is 2.36 bits per heavy atom. The zero-order chi connectivity index (χ0) is 19.3. The summed E-state index contributed by atoms with van der Waals surface area (Å²) in [5.74, 6) is -1.13. The molecule has 1 aliphatic rings. The van der Waals surface area contributed by atoms with Gasteiger partial charge in [0.15, 0.2) is 5.65 Å². The number of hydrogen-bond donors (Lipinski definition) is 2. The summed E-state index contributed by atoms with van der Waals surface area (Å²) < 4.78 is 1.07. The molecule has 2 heterocycles. The fourth-order valence-corrected chi connectivity index (χ4v) is 3.89. The molecular formula is C22H17N3O3. The quantitative estimate of drug-likeness (QED) is 0.575. The van der Waals surface area contributed by atoms with Crippen LogP contribution in [0.15, 0.2) is 71.7 Å². The summed E-state index contributed by atoms with van der Waals surface area (Å²) in [7, 11) is 0. The summed E-state index contributed by atoms with van der Waals surface area (Å²) in [6, 6.07) is 20.0. The number of nitrogens with zero attached hydrogens (tertiary/aromatic N) is 2. The van der Waals surface area contributed by atoms with E-state index in [4.69, 9.17) is 0 Å². The second-order valence-corrected chi connectivity index (χ2v) is 7.17. The van der Waals surface area contributed by atoms with Crippen LogP contribution in [0, 0.1) is 0 Å².